The summed E-state index contributed by atoms with van der Waals surface area (Å²) in [5.74, 6) is 0. The second kappa shape index (κ2) is 6.18. The fourth-order valence-electron chi connectivity index (χ4n) is 2.88. The molecular formula is C16H21ClN4. The van der Waals surface area contributed by atoms with Crippen molar-refractivity contribution in [1.29, 1.82) is 0 Å². The molecule has 2 aliphatic heterocycles. The molecule has 1 fully saturated rings. The number of aryl methyl sites for hydroxylation is 2. The van der Waals surface area contributed by atoms with Crippen LogP contribution in [0.25, 0.3) is 5.57 Å². The van der Waals surface area contributed by atoms with Gasteiger partial charge in [-0.25, -0.2) is 0 Å². The number of pyridine rings is 1. The molecule has 0 aliphatic carbocycles. The zero-order valence-corrected chi connectivity index (χ0v) is 13.2. The summed E-state index contributed by atoms with van der Waals surface area (Å²) in [7, 11) is 0. The third-order valence-electron chi connectivity index (χ3n) is 3.98. The number of rotatable bonds is 2. The van der Waals surface area contributed by atoms with Gasteiger partial charge in [0, 0.05) is 44.1 Å². The number of halogens is 1. The van der Waals surface area contributed by atoms with Crippen molar-refractivity contribution >= 4 is 17.2 Å². The summed E-state index contributed by atoms with van der Waals surface area (Å²) in [5, 5.41) is 7.47. The van der Waals surface area contributed by atoms with Crippen LogP contribution in [-0.2, 0) is 0 Å². The van der Waals surface area contributed by atoms with Gasteiger partial charge in [0.05, 0.1) is 16.9 Å². The van der Waals surface area contributed by atoms with Crippen LogP contribution < -0.4 is 10.6 Å². The van der Waals surface area contributed by atoms with Crippen molar-refractivity contribution in [3.63, 3.8) is 0 Å². The van der Waals surface area contributed by atoms with Gasteiger partial charge in [0.25, 0.3) is 0 Å². The smallest absolute Gasteiger partial charge is 0.0993 e. The predicted molar refractivity (Wildman–Crippen MR) is 87.0 cm³/mol. The maximum atomic E-state index is 6.39. The Bertz CT molecular complexity index is 588. The highest BCUT2D eigenvalue weighted by Crippen LogP contribution is 2.30. The molecule has 2 aliphatic rings. The molecule has 1 atom stereocenters. The molecule has 1 saturated heterocycles. The van der Waals surface area contributed by atoms with Crippen LogP contribution in [0.15, 0.2) is 29.6 Å². The number of piperazine rings is 1. The Labute approximate surface area is 130 Å². The largest absolute Gasteiger partial charge is 0.371 e. The molecule has 5 heteroatoms. The standard InChI is InChI=1S/C16H21ClN4/c1-11-7-12(2)16(20-9-11)13-8-15(19-10-14(13)17)21-5-3-18-4-6-21/h7-10,15,18-19H,3-6H2,1-2H3. The van der Waals surface area contributed by atoms with Crippen LogP contribution in [0.3, 0.4) is 0 Å². The molecule has 3 heterocycles. The Morgan fingerprint density at radius 1 is 1.29 bits per heavy atom. The first kappa shape index (κ1) is 14.6. The SMILES string of the molecule is Cc1cnc(C2=CC(N3CCNCC3)NC=C2Cl)c(C)c1. The van der Waals surface area contributed by atoms with Crippen LogP contribution >= 0.6 is 11.6 Å². The van der Waals surface area contributed by atoms with Crippen molar-refractivity contribution in [3.05, 3.63) is 46.4 Å². The van der Waals surface area contributed by atoms with Crippen LogP contribution in [0.1, 0.15) is 16.8 Å². The van der Waals surface area contributed by atoms with Gasteiger partial charge < -0.3 is 10.6 Å². The van der Waals surface area contributed by atoms with E-state index in [9.17, 15) is 0 Å². The lowest BCUT2D eigenvalue weighted by Gasteiger charge is -2.35. The maximum Gasteiger partial charge on any atom is 0.0993 e. The average Bonchev–Trinajstić information content (AvgIpc) is 2.49. The van der Waals surface area contributed by atoms with E-state index in [0.717, 1.165) is 48.0 Å². The van der Waals surface area contributed by atoms with Gasteiger partial charge in [0.2, 0.25) is 0 Å². The molecule has 1 aromatic heterocycles. The number of allylic oxidation sites excluding steroid dienone is 2. The Hall–Kier alpha value is -1.36. The number of nitrogens with zero attached hydrogens (tertiary/aromatic N) is 2. The van der Waals surface area contributed by atoms with E-state index >= 15 is 0 Å². The van der Waals surface area contributed by atoms with E-state index < -0.39 is 0 Å². The molecule has 1 unspecified atom stereocenters. The molecule has 1 aromatic rings. The van der Waals surface area contributed by atoms with Gasteiger partial charge >= 0.3 is 0 Å². The van der Waals surface area contributed by atoms with Crippen LogP contribution in [-0.4, -0.2) is 42.2 Å². The first-order chi connectivity index (χ1) is 10.1. The first-order valence-electron chi connectivity index (χ1n) is 7.37. The quantitative estimate of drug-likeness (QED) is 0.877. The van der Waals surface area contributed by atoms with Gasteiger partial charge in [0.1, 0.15) is 0 Å². The zero-order valence-electron chi connectivity index (χ0n) is 12.5. The molecule has 0 aromatic carbocycles. The van der Waals surface area contributed by atoms with E-state index in [-0.39, 0.29) is 6.17 Å². The Morgan fingerprint density at radius 3 is 2.76 bits per heavy atom. The van der Waals surface area contributed by atoms with Gasteiger partial charge in [-0.2, -0.15) is 0 Å². The minimum atomic E-state index is 0.187. The van der Waals surface area contributed by atoms with Crippen molar-refractivity contribution in [2.75, 3.05) is 26.2 Å². The lowest BCUT2D eigenvalue weighted by atomic mass is 10.0. The third-order valence-corrected chi connectivity index (χ3v) is 4.29. The molecule has 0 spiro atoms. The monoisotopic (exact) mass is 304 g/mol. The van der Waals surface area contributed by atoms with E-state index in [2.05, 4.69) is 46.5 Å². The predicted octanol–water partition coefficient (Wildman–Crippen LogP) is 2.00. The van der Waals surface area contributed by atoms with Crippen molar-refractivity contribution in [1.82, 2.24) is 20.5 Å². The minimum Gasteiger partial charge on any atom is -0.371 e. The fraction of sp³-hybridized carbons (Fsp3) is 0.438. The Balaban J connectivity index is 1.90. The summed E-state index contributed by atoms with van der Waals surface area (Å²) in [6, 6.07) is 2.15. The molecule has 0 radical (unpaired) electrons. The highest BCUT2D eigenvalue weighted by molar-refractivity contribution is 6.37. The van der Waals surface area contributed by atoms with E-state index in [0.29, 0.717) is 0 Å². The summed E-state index contributed by atoms with van der Waals surface area (Å²) < 4.78 is 0. The second-order valence-corrected chi connectivity index (χ2v) is 6.06. The van der Waals surface area contributed by atoms with Gasteiger partial charge in [-0.1, -0.05) is 17.7 Å². The highest BCUT2D eigenvalue weighted by atomic mass is 35.5. The number of aromatic nitrogens is 1. The van der Waals surface area contributed by atoms with Crippen molar-refractivity contribution in [2.45, 2.75) is 20.0 Å². The van der Waals surface area contributed by atoms with E-state index in [1.54, 1.807) is 0 Å². The van der Waals surface area contributed by atoms with Gasteiger partial charge in [0.15, 0.2) is 0 Å². The number of nitrogens with one attached hydrogen (secondary N) is 2. The molecule has 2 N–H and O–H groups in total. The van der Waals surface area contributed by atoms with Crippen LogP contribution in [0.4, 0.5) is 0 Å². The summed E-state index contributed by atoms with van der Waals surface area (Å²) in [6.45, 7) is 8.27. The lowest BCUT2D eigenvalue weighted by molar-refractivity contribution is 0.187. The fourth-order valence-corrected chi connectivity index (χ4v) is 3.10. The molecule has 0 amide bonds. The Kier molecular flexibility index (Phi) is 4.29. The average molecular weight is 305 g/mol. The number of hydrogen-bond donors (Lipinski definition) is 2. The minimum absolute atomic E-state index is 0.187. The Morgan fingerprint density at radius 2 is 2.05 bits per heavy atom. The zero-order chi connectivity index (χ0) is 14.8. The van der Waals surface area contributed by atoms with Crippen LogP contribution in [0.5, 0.6) is 0 Å². The topological polar surface area (TPSA) is 40.2 Å². The number of hydrogen-bond acceptors (Lipinski definition) is 4. The van der Waals surface area contributed by atoms with Gasteiger partial charge in [-0.05, 0) is 31.1 Å². The van der Waals surface area contributed by atoms with E-state index in [1.165, 1.54) is 5.56 Å². The molecular weight excluding hydrogens is 284 g/mol. The van der Waals surface area contributed by atoms with Gasteiger partial charge in [-0.3, -0.25) is 9.88 Å². The maximum absolute atomic E-state index is 6.39. The molecule has 0 bridgehead atoms. The summed E-state index contributed by atoms with van der Waals surface area (Å²) in [5.41, 5.74) is 4.33. The van der Waals surface area contributed by atoms with E-state index in [1.807, 2.05) is 12.4 Å². The molecule has 3 rings (SSSR count). The van der Waals surface area contributed by atoms with Crippen molar-refractivity contribution in [3.8, 4) is 0 Å². The summed E-state index contributed by atoms with van der Waals surface area (Å²) >= 11 is 6.39. The van der Waals surface area contributed by atoms with Crippen molar-refractivity contribution < 1.29 is 0 Å². The molecule has 21 heavy (non-hydrogen) atoms. The second-order valence-electron chi connectivity index (χ2n) is 5.65. The number of dihydropyridines is 1. The summed E-state index contributed by atoms with van der Waals surface area (Å²) in [4.78, 5) is 7.00. The molecule has 4 nitrogen and oxygen atoms in total. The highest BCUT2D eigenvalue weighted by Gasteiger charge is 2.23. The summed E-state index contributed by atoms with van der Waals surface area (Å²) in [6.07, 6.45) is 6.17. The van der Waals surface area contributed by atoms with Crippen LogP contribution in [0.2, 0.25) is 0 Å². The molecule has 112 valence electrons. The van der Waals surface area contributed by atoms with Crippen LogP contribution in [0, 0.1) is 13.8 Å². The van der Waals surface area contributed by atoms with Gasteiger partial charge in [-0.15, -0.1) is 0 Å². The third kappa shape index (κ3) is 3.12. The lowest BCUT2D eigenvalue weighted by Crippen LogP contribution is -2.52. The molecule has 0 saturated carbocycles. The normalized spacial score (nSPS) is 23.3. The van der Waals surface area contributed by atoms with E-state index in [4.69, 9.17) is 11.6 Å². The first-order valence-corrected chi connectivity index (χ1v) is 7.75. The van der Waals surface area contributed by atoms with Crippen molar-refractivity contribution in [2.24, 2.45) is 0 Å².